The molecule has 5 heteroatoms. The molecule has 0 fully saturated rings. The van der Waals surface area contributed by atoms with Gasteiger partial charge in [-0.2, -0.15) is 0 Å². The van der Waals surface area contributed by atoms with Crippen molar-refractivity contribution in [2.75, 3.05) is 0 Å². The minimum Gasteiger partial charge on any atom is -0.543 e. The molecule has 0 N–H and O–H groups in total. The maximum Gasteiger partial charge on any atom is 1.00 e. The summed E-state index contributed by atoms with van der Waals surface area (Å²) in [5, 5.41) is 11.9. The van der Waals surface area contributed by atoms with Crippen LogP contribution >= 0.6 is 0 Å². The number of aromatic nitrogens is 2. The van der Waals surface area contributed by atoms with Crippen LogP contribution in [0.2, 0.25) is 0 Å². The molecule has 0 unspecified atom stereocenters. The predicted octanol–water partition coefficient (Wildman–Crippen LogP) is 0.331. The second-order valence-electron chi connectivity index (χ2n) is 5.64. The fourth-order valence-corrected chi connectivity index (χ4v) is 2.80. The summed E-state index contributed by atoms with van der Waals surface area (Å²) < 4.78 is 0. The van der Waals surface area contributed by atoms with Crippen molar-refractivity contribution in [1.29, 1.82) is 0 Å². The second-order valence-corrected chi connectivity index (χ2v) is 5.64. The van der Waals surface area contributed by atoms with Gasteiger partial charge >= 0.3 is 29.6 Å². The summed E-state index contributed by atoms with van der Waals surface area (Å²) in [5.41, 5.74) is 3.44. The van der Waals surface area contributed by atoms with Crippen molar-refractivity contribution in [2.24, 2.45) is 0 Å². The van der Waals surface area contributed by atoms with Crippen LogP contribution in [0.3, 0.4) is 0 Å². The van der Waals surface area contributed by atoms with Crippen LogP contribution < -0.4 is 34.7 Å². The van der Waals surface area contributed by atoms with Crippen LogP contribution in [0.5, 0.6) is 0 Å². The van der Waals surface area contributed by atoms with Crippen LogP contribution in [0.25, 0.3) is 33.4 Å². The van der Waals surface area contributed by atoms with Crippen molar-refractivity contribution in [1.82, 2.24) is 9.97 Å². The number of nitrogens with zero attached hydrogens (tertiary/aromatic N) is 2. The maximum absolute atomic E-state index is 11.4. The van der Waals surface area contributed by atoms with Gasteiger partial charge in [-0.3, -0.25) is 0 Å². The zero-order valence-corrected chi connectivity index (χ0v) is 16.2. The molecule has 4 aromatic rings. The van der Waals surface area contributed by atoms with E-state index in [9.17, 15) is 9.90 Å². The van der Waals surface area contributed by atoms with E-state index < -0.39 is 5.97 Å². The van der Waals surface area contributed by atoms with Gasteiger partial charge in [0, 0.05) is 10.9 Å². The molecular weight excluding hydrogens is 335 g/mol. The maximum atomic E-state index is 11.4. The molecule has 26 heavy (non-hydrogen) atoms. The number of carbonyl (C=O) groups is 1. The summed E-state index contributed by atoms with van der Waals surface area (Å²) in [4.78, 5) is 20.1. The van der Waals surface area contributed by atoms with E-state index in [0.717, 1.165) is 16.7 Å². The van der Waals surface area contributed by atoms with E-state index in [4.69, 9.17) is 0 Å². The number of hydrogen-bond acceptors (Lipinski definition) is 4. The number of hydrogen-bond donors (Lipinski definition) is 0. The molecule has 120 valence electrons. The van der Waals surface area contributed by atoms with Crippen LogP contribution in [0.4, 0.5) is 0 Å². The molecule has 4 rings (SSSR count). The Morgan fingerprint density at radius 3 is 1.96 bits per heavy atom. The van der Waals surface area contributed by atoms with Gasteiger partial charge in [0.2, 0.25) is 0 Å². The summed E-state index contributed by atoms with van der Waals surface area (Å²) in [6, 6.07) is 24.8. The Bertz CT molecular complexity index is 1060. The number of rotatable bonds is 3. The van der Waals surface area contributed by atoms with Crippen LogP contribution in [-0.4, -0.2) is 15.9 Å². The molecule has 0 aliphatic rings. The molecule has 0 spiro atoms. The first-order valence-corrected chi connectivity index (χ1v) is 7.86. The number of benzene rings is 3. The molecule has 0 aliphatic heterocycles. The number of carboxylic acids is 1. The molecule has 0 saturated heterocycles. The van der Waals surface area contributed by atoms with Crippen molar-refractivity contribution in [2.45, 2.75) is 0 Å². The van der Waals surface area contributed by atoms with Gasteiger partial charge in [0.25, 0.3) is 0 Å². The summed E-state index contributed by atoms with van der Waals surface area (Å²) in [5.74, 6) is -0.932. The average molecular weight is 348 g/mol. The Hall–Kier alpha value is -2.53. The molecule has 3 aromatic carbocycles. The summed E-state index contributed by atoms with van der Waals surface area (Å²) in [6.45, 7) is 0. The van der Waals surface area contributed by atoms with Crippen molar-refractivity contribution < 1.29 is 39.5 Å². The molecule has 0 amide bonds. The third-order valence-corrected chi connectivity index (χ3v) is 4.05. The minimum atomic E-state index is -1.30. The summed E-state index contributed by atoms with van der Waals surface area (Å²) in [6.07, 6.45) is 0. The van der Waals surface area contributed by atoms with Crippen molar-refractivity contribution in [3.63, 3.8) is 0 Å². The van der Waals surface area contributed by atoms with Gasteiger partial charge in [-0.1, -0.05) is 72.8 Å². The smallest absolute Gasteiger partial charge is 0.543 e. The topological polar surface area (TPSA) is 65.9 Å². The Morgan fingerprint density at radius 2 is 1.27 bits per heavy atom. The number of carbonyl (C=O) groups excluding carboxylic acids is 1. The molecule has 0 saturated carbocycles. The minimum absolute atomic E-state index is 0. The number of para-hydroxylation sites is 1. The predicted molar refractivity (Wildman–Crippen MR) is 94.7 cm³/mol. The van der Waals surface area contributed by atoms with Crippen LogP contribution in [-0.2, 0) is 0 Å². The van der Waals surface area contributed by atoms with E-state index >= 15 is 0 Å². The first-order chi connectivity index (χ1) is 12.2. The Balaban J connectivity index is 0.00000196. The summed E-state index contributed by atoms with van der Waals surface area (Å²) >= 11 is 0. The van der Waals surface area contributed by atoms with E-state index in [2.05, 4.69) is 9.97 Å². The largest absolute Gasteiger partial charge is 1.00 e. The van der Waals surface area contributed by atoms with Gasteiger partial charge in [-0.25, -0.2) is 9.97 Å². The second kappa shape index (κ2) is 7.79. The van der Waals surface area contributed by atoms with Crippen LogP contribution in [0.1, 0.15) is 10.5 Å². The zero-order valence-electron chi connectivity index (χ0n) is 14.2. The van der Waals surface area contributed by atoms with E-state index in [1.54, 1.807) is 18.2 Å². The third-order valence-electron chi connectivity index (χ3n) is 4.05. The zero-order chi connectivity index (χ0) is 17.2. The molecule has 0 bridgehead atoms. The van der Waals surface area contributed by atoms with E-state index in [-0.39, 0.29) is 35.3 Å². The summed E-state index contributed by atoms with van der Waals surface area (Å²) in [7, 11) is 0. The normalized spacial score (nSPS) is 10.3. The fraction of sp³-hybridized carbons (Fsp3) is 0. The van der Waals surface area contributed by atoms with Crippen molar-refractivity contribution in [3.8, 4) is 22.5 Å². The van der Waals surface area contributed by atoms with Gasteiger partial charge in [-0.15, -0.1) is 0 Å². The van der Waals surface area contributed by atoms with E-state index in [1.165, 1.54) is 0 Å². The standard InChI is InChI=1S/C21H14N2O2.Na/c24-21(25)19-17-8-4-5-9-18(17)22-20(23-19)16-12-10-15(11-13-16)14-6-2-1-3-7-14;/h1-13H,(H,24,25);/q;+1/p-1. The molecule has 0 radical (unpaired) electrons. The van der Waals surface area contributed by atoms with Gasteiger partial charge in [0.05, 0.1) is 17.2 Å². The van der Waals surface area contributed by atoms with Gasteiger partial charge in [-0.05, 0) is 17.2 Å². The fourth-order valence-electron chi connectivity index (χ4n) is 2.80. The molecule has 1 heterocycles. The number of carboxylic acid groups (broad SMARTS) is 1. The van der Waals surface area contributed by atoms with Gasteiger partial charge in [0.1, 0.15) is 0 Å². The number of aromatic carboxylic acids is 1. The first kappa shape index (κ1) is 18.3. The van der Waals surface area contributed by atoms with Crippen LogP contribution in [0, 0.1) is 0 Å². The monoisotopic (exact) mass is 348 g/mol. The Kier molecular flexibility index (Phi) is 5.47. The third kappa shape index (κ3) is 3.53. The van der Waals surface area contributed by atoms with Crippen molar-refractivity contribution >= 4 is 16.9 Å². The van der Waals surface area contributed by atoms with E-state index in [0.29, 0.717) is 16.7 Å². The Morgan fingerprint density at radius 1 is 0.692 bits per heavy atom. The molecule has 4 nitrogen and oxygen atoms in total. The first-order valence-electron chi connectivity index (χ1n) is 7.86. The molecule has 0 aliphatic carbocycles. The van der Waals surface area contributed by atoms with Crippen LogP contribution in [0.15, 0.2) is 78.9 Å². The molecule has 1 aromatic heterocycles. The van der Waals surface area contributed by atoms with E-state index in [1.807, 2.05) is 60.7 Å². The molecular formula is C21H13N2NaO2. The SMILES string of the molecule is O=C([O-])c1nc(-c2ccc(-c3ccccc3)cc2)nc2ccccc12.[Na+]. The molecule has 0 atom stereocenters. The average Bonchev–Trinajstić information content (AvgIpc) is 2.68. The van der Waals surface area contributed by atoms with Gasteiger partial charge < -0.3 is 9.90 Å². The number of fused-ring (bicyclic) bond motifs is 1. The Labute approximate surface area is 172 Å². The van der Waals surface area contributed by atoms with Crippen molar-refractivity contribution in [3.05, 3.63) is 84.6 Å². The quantitative estimate of drug-likeness (QED) is 0.501. The van der Waals surface area contributed by atoms with Gasteiger partial charge in [0.15, 0.2) is 5.82 Å².